The average Bonchev–Trinajstić information content (AvgIpc) is 2.95. The van der Waals surface area contributed by atoms with Crippen LogP contribution in [0.3, 0.4) is 0 Å². The Labute approximate surface area is 137 Å². The Morgan fingerprint density at radius 1 is 1.39 bits per heavy atom. The summed E-state index contributed by atoms with van der Waals surface area (Å²) in [7, 11) is 0. The van der Waals surface area contributed by atoms with E-state index in [2.05, 4.69) is 25.1 Å². The Bertz CT molecular complexity index is 621. The van der Waals surface area contributed by atoms with E-state index >= 15 is 0 Å². The van der Waals surface area contributed by atoms with Crippen LogP contribution in [0.15, 0.2) is 48.2 Å². The lowest BCUT2D eigenvalue weighted by Crippen LogP contribution is -2.26. The van der Waals surface area contributed by atoms with Gasteiger partial charge in [-0.05, 0) is 43.0 Å². The molecule has 1 fully saturated rings. The molecule has 1 aromatic rings. The van der Waals surface area contributed by atoms with E-state index < -0.39 is 0 Å². The van der Waals surface area contributed by atoms with Gasteiger partial charge in [0.25, 0.3) is 0 Å². The first-order valence-corrected chi connectivity index (χ1v) is 8.32. The second-order valence-corrected chi connectivity index (χ2v) is 5.95. The number of carbonyl (C=O) groups is 1. The summed E-state index contributed by atoms with van der Waals surface area (Å²) in [6.45, 7) is 3.11. The molecular weight excluding hydrogens is 290 g/mol. The van der Waals surface area contributed by atoms with Crippen molar-refractivity contribution in [3.05, 3.63) is 53.8 Å². The average molecular weight is 313 g/mol. The van der Waals surface area contributed by atoms with Crippen molar-refractivity contribution in [1.82, 2.24) is 4.90 Å². The molecule has 1 amide bonds. The monoisotopic (exact) mass is 313 g/mol. The van der Waals surface area contributed by atoms with Gasteiger partial charge in [0.05, 0.1) is 6.54 Å². The molecule has 4 heteroatoms. The first-order valence-electron chi connectivity index (χ1n) is 8.32. The number of aryl methyl sites for hydroxylation is 1. The summed E-state index contributed by atoms with van der Waals surface area (Å²) in [5.41, 5.74) is 2.30. The van der Waals surface area contributed by atoms with Crippen LogP contribution in [0.2, 0.25) is 0 Å². The largest absolute Gasteiger partial charge is 0.490 e. The molecule has 23 heavy (non-hydrogen) atoms. The van der Waals surface area contributed by atoms with Crippen LogP contribution >= 0.6 is 0 Å². The number of carbonyl (C=O) groups excluding carboxylic acids is 1. The van der Waals surface area contributed by atoms with Crippen LogP contribution in [-0.4, -0.2) is 30.2 Å². The third-order valence-electron chi connectivity index (χ3n) is 4.09. The van der Waals surface area contributed by atoms with Crippen LogP contribution in [0, 0.1) is 0 Å². The summed E-state index contributed by atoms with van der Waals surface area (Å²) in [6.07, 6.45) is 9.63. The standard InChI is InChI=1S/C19H23NO3/c1-2-7-15-8-6-11-17(12-15)22-14-18-13-20(19(21)23-18)16-9-4-3-5-10-16/h3-4,6,8-9,11-12,18H,2,5,7,10,13-14H2,1H3. The van der Waals surface area contributed by atoms with Gasteiger partial charge in [0.1, 0.15) is 12.4 Å². The molecule has 2 aliphatic rings. The van der Waals surface area contributed by atoms with Crippen molar-refractivity contribution in [3.63, 3.8) is 0 Å². The predicted octanol–water partition coefficient (Wildman–Crippen LogP) is 4.07. The van der Waals surface area contributed by atoms with Crippen LogP contribution in [0.4, 0.5) is 4.79 Å². The molecule has 0 aromatic heterocycles. The predicted molar refractivity (Wildman–Crippen MR) is 89.4 cm³/mol. The Morgan fingerprint density at radius 2 is 2.30 bits per heavy atom. The number of ether oxygens (including phenoxy) is 2. The molecule has 1 aliphatic carbocycles. The number of hydrogen-bond donors (Lipinski definition) is 0. The van der Waals surface area contributed by atoms with E-state index in [9.17, 15) is 4.79 Å². The highest BCUT2D eigenvalue weighted by Crippen LogP contribution is 2.24. The minimum atomic E-state index is -0.264. The van der Waals surface area contributed by atoms with Crippen LogP contribution < -0.4 is 4.74 Å². The van der Waals surface area contributed by atoms with Crippen LogP contribution in [0.1, 0.15) is 31.7 Å². The molecule has 4 nitrogen and oxygen atoms in total. The molecule has 0 bridgehead atoms. The summed E-state index contributed by atoms with van der Waals surface area (Å²) in [6, 6.07) is 8.12. The SMILES string of the molecule is CCCc1cccc(OCC2CN(C3=CC=CCC3)C(=O)O2)c1. The summed E-state index contributed by atoms with van der Waals surface area (Å²) >= 11 is 0. The maximum absolute atomic E-state index is 12.0. The number of allylic oxidation sites excluding steroid dienone is 4. The molecule has 122 valence electrons. The molecular formula is C19H23NO3. The van der Waals surface area contributed by atoms with E-state index in [1.54, 1.807) is 4.90 Å². The van der Waals surface area contributed by atoms with Crippen molar-refractivity contribution in [2.24, 2.45) is 0 Å². The lowest BCUT2D eigenvalue weighted by Gasteiger charge is -2.18. The first kappa shape index (κ1) is 15.7. The number of amides is 1. The molecule has 1 aromatic carbocycles. The van der Waals surface area contributed by atoms with Gasteiger partial charge < -0.3 is 9.47 Å². The fourth-order valence-electron chi connectivity index (χ4n) is 2.93. The van der Waals surface area contributed by atoms with Gasteiger partial charge in [0, 0.05) is 5.70 Å². The Kier molecular flexibility index (Phi) is 5.01. The molecule has 1 heterocycles. The quantitative estimate of drug-likeness (QED) is 0.794. The van der Waals surface area contributed by atoms with E-state index in [0.717, 1.165) is 37.1 Å². The second-order valence-electron chi connectivity index (χ2n) is 5.95. The molecule has 1 unspecified atom stereocenters. The number of benzene rings is 1. The zero-order valence-electron chi connectivity index (χ0n) is 13.5. The Balaban J connectivity index is 1.55. The van der Waals surface area contributed by atoms with Crippen LogP contribution in [0.5, 0.6) is 5.75 Å². The van der Waals surface area contributed by atoms with Gasteiger partial charge >= 0.3 is 6.09 Å². The smallest absolute Gasteiger partial charge is 0.414 e. The van der Waals surface area contributed by atoms with E-state index in [1.165, 1.54) is 5.56 Å². The summed E-state index contributed by atoms with van der Waals surface area (Å²) in [5, 5.41) is 0. The van der Waals surface area contributed by atoms with E-state index in [0.29, 0.717) is 13.2 Å². The number of hydrogen-bond acceptors (Lipinski definition) is 3. The van der Waals surface area contributed by atoms with Gasteiger partial charge in [0.2, 0.25) is 0 Å². The van der Waals surface area contributed by atoms with E-state index in [1.807, 2.05) is 24.3 Å². The maximum atomic E-state index is 12.0. The summed E-state index contributed by atoms with van der Waals surface area (Å²) in [4.78, 5) is 13.7. The fourth-order valence-corrected chi connectivity index (χ4v) is 2.93. The molecule has 1 aliphatic heterocycles. The Morgan fingerprint density at radius 3 is 3.09 bits per heavy atom. The first-order chi connectivity index (χ1) is 11.3. The normalized spacial score (nSPS) is 20.4. The van der Waals surface area contributed by atoms with Gasteiger partial charge in [-0.1, -0.05) is 37.6 Å². The number of rotatable bonds is 6. The molecule has 3 rings (SSSR count). The van der Waals surface area contributed by atoms with Crippen molar-refractivity contribution in [2.75, 3.05) is 13.2 Å². The van der Waals surface area contributed by atoms with Crippen molar-refractivity contribution < 1.29 is 14.3 Å². The minimum Gasteiger partial charge on any atom is -0.490 e. The van der Waals surface area contributed by atoms with Crippen molar-refractivity contribution in [1.29, 1.82) is 0 Å². The summed E-state index contributed by atoms with van der Waals surface area (Å²) in [5.74, 6) is 0.838. The molecule has 0 spiro atoms. The minimum absolute atomic E-state index is 0.218. The zero-order valence-corrected chi connectivity index (χ0v) is 13.5. The lowest BCUT2D eigenvalue weighted by molar-refractivity contribution is 0.103. The Hall–Kier alpha value is -2.23. The molecule has 1 saturated heterocycles. The number of cyclic esters (lactones) is 1. The number of nitrogens with zero attached hydrogens (tertiary/aromatic N) is 1. The highest BCUT2D eigenvalue weighted by Gasteiger charge is 2.33. The highest BCUT2D eigenvalue weighted by atomic mass is 16.6. The maximum Gasteiger partial charge on any atom is 0.414 e. The molecule has 0 N–H and O–H groups in total. The van der Waals surface area contributed by atoms with Gasteiger partial charge in [-0.15, -0.1) is 0 Å². The van der Waals surface area contributed by atoms with Gasteiger partial charge in [-0.2, -0.15) is 0 Å². The third kappa shape index (κ3) is 3.95. The van der Waals surface area contributed by atoms with Crippen molar-refractivity contribution in [2.45, 2.75) is 38.7 Å². The van der Waals surface area contributed by atoms with Gasteiger partial charge in [-0.3, -0.25) is 4.90 Å². The van der Waals surface area contributed by atoms with Crippen LogP contribution in [-0.2, 0) is 11.2 Å². The topological polar surface area (TPSA) is 38.8 Å². The molecule has 0 saturated carbocycles. The fraction of sp³-hybridized carbons (Fsp3) is 0.421. The van der Waals surface area contributed by atoms with E-state index in [-0.39, 0.29) is 12.2 Å². The van der Waals surface area contributed by atoms with Crippen LogP contribution in [0.25, 0.3) is 0 Å². The zero-order chi connectivity index (χ0) is 16.1. The molecule has 0 radical (unpaired) electrons. The second kappa shape index (κ2) is 7.36. The summed E-state index contributed by atoms with van der Waals surface area (Å²) < 4.78 is 11.2. The van der Waals surface area contributed by atoms with Crippen molar-refractivity contribution >= 4 is 6.09 Å². The van der Waals surface area contributed by atoms with Gasteiger partial charge in [0.15, 0.2) is 6.10 Å². The molecule has 1 atom stereocenters. The highest BCUT2D eigenvalue weighted by molar-refractivity contribution is 5.72. The third-order valence-corrected chi connectivity index (χ3v) is 4.09. The lowest BCUT2D eigenvalue weighted by atomic mass is 10.1. The van der Waals surface area contributed by atoms with E-state index in [4.69, 9.17) is 9.47 Å². The van der Waals surface area contributed by atoms with Crippen molar-refractivity contribution in [3.8, 4) is 5.75 Å². The van der Waals surface area contributed by atoms with Gasteiger partial charge in [-0.25, -0.2) is 4.79 Å².